The summed E-state index contributed by atoms with van der Waals surface area (Å²) >= 11 is 0. The van der Waals surface area contributed by atoms with Gasteiger partial charge in [-0.2, -0.15) is 0 Å². The first-order valence-corrected chi connectivity index (χ1v) is 6.74. The van der Waals surface area contributed by atoms with Crippen LogP contribution in [0.2, 0.25) is 0 Å². The zero-order valence-corrected chi connectivity index (χ0v) is 11.5. The van der Waals surface area contributed by atoms with Gasteiger partial charge in [-0.1, -0.05) is 20.8 Å². The van der Waals surface area contributed by atoms with Gasteiger partial charge in [0.15, 0.2) is 0 Å². The maximum Gasteiger partial charge on any atom is 0.317 e. The van der Waals surface area contributed by atoms with E-state index >= 15 is 0 Å². The molecule has 0 aromatic rings. The fourth-order valence-corrected chi connectivity index (χ4v) is 2.35. The molecular formula is C13H24N2O3. The van der Waals surface area contributed by atoms with Crippen LogP contribution in [-0.4, -0.2) is 41.1 Å². The monoisotopic (exact) mass is 256 g/mol. The largest absolute Gasteiger partial charge is 0.481 e. The zero-order valence-electron chi connectivity index (χ0n) is 11.5. The summed E-state index contributed by atoms with van der Waals surface area (Å²) in [5.74, 6) is -0.828. The maximum absolute atomic E-state index is 12.1. The summed E-state index contributed by atoms with van der Waals surface area (Å²) in [4.78, 5) is 24.6. The van der Waals surface area contributed by atoms with Crippen LogP contribution >= 0.6 is 0 Å². The van der Waals surface area contributed by atoms with Crippen molar-refractivity contribution in [2.45, 2.75) is 46.1 Å². The third kappa shape index (κ3) is 3.89. The van der Waals surface area contributed by atoms with Crippen molar-refractivity contribution in [3.8, 4) is 0 Å². The van der Waals surface area contributed by atoms with Crippen molar-refractivity contribution in [3.63, 3.8) is 0 Å². The summed E-state index contributed by atoms with van der Waals surface area (Å²) in [5.41, 5.74) is 0. The van der Waals surface area contributed by atoms with Crippen molar-refractivity contribution in [1.29, 1.82) is 0 Å². The highest BCUT2D eigenvalue weighted by Gasteiger charge is 2.29. The van der Waals surface area contributed by atoms with E-state index in [1.165, 1.54) is 0 Å². The van der Waals surface area contributed by atoms with Gasteiger partial charge >= 0.3 is 12.0 Å². The van der Waals surface area contributed by atoms with Gasteiger partial charge in [0, 0.05) is 19.1 Å². The van der Waals surface area contributed by atoms with Crippen molar-refractivity contribution < 1.29 is 14.7 Å². The molecule has 0 aromatic carbocycles. The van der Waals surface area contributed by atoms with Gasteiger partial charge < -0.3 is 15.3 Å². The smallest absolute Gasteiger partial charge is 0.317 e. The average Bonchev–Trinajstić information content (AvgIpc) is 2.35. The predicted molar refractivity (Wildman–Crippen MR) is 69.4 cm³/mol. The molecule has 1 aliphatic rings. The summed E-state index contributed by atoms with van der Waals surface area (Å²) in [7, 11) is 0. The minimum absolute atomic E-state index is 0.124. The number of amides is 2. The molecule has 2 N–H and O–H groups in total. The molecule has 1 saturated heterocycles. The van der Waals surface area contributed by atoms with Gasteiger partial charge in [-0.05, 0) is 25.2 Å². The lowest BCUT2D eigenvalue weighted by atomic mass is 9.98. The highest BCUT2D eigenvalue weighted by atomic mass is 16.4. The van der Waals surface area contributed by atoms with E-state index in [4.69, 9.17) is 5.11 Å². The molecule has 104 valence electrons. The summed E-state index contributed by atoms with van der Waals surface area (Å²) in [5, 5.41) is 12.0. The number of carbonyl (C=O) groups excluding carboxylic acids is 1. The third-order valence-electron chi connectivity index (χ3n) is 3.61. The SMILES string of the molecule is CCC(NC(=O)N1CCCC(C(=O)O)C1)C(C)C. The number of carbonyl (C=O) groups is 2. The molecule has 18 heavy (non-hydrogen) atoms. The Morgan fingerprint density at radius 3 is 2.61 bits per heavy atom. The van der Waals surface area contributed by atoms with Crippen LogP contribution in [0.5, 0.6) is 0 Å². The van der Waals surface area contributed by atoms with Crippen molar-refractivity contribution in [2.75, 3.05) is 13.1 Å². The maximum atomic E-state index is 12.1. The highest BCUT2D eigenvalue weighted by molar-refractivity contribution is 5.76. The number of likely N-dealkylation sites (tertiary alicyclic amines) is 1. The number of urea groups is 1. The number of nitrogens with one attached hydrogen (secondary N) is 1. The molecule has 0 saturated carbocycles. The molecule has 0 radical (unpaired) electrons. The van der Waals surface area contributed by atoms with Gasteiger partial charge in [-0.3, -0.25) is 4.79 Å². The molecule has 0 bridgehead atoms. The minimum Gasteiger partial charge on any atom is -0.481 e. The normalized spacial score (nSPS) is 21.8. The fourth-order valence-electron chi connectivity index (χ4n) is 2.35. The van der Waals surface area contributed by atoms with E-state index in [1.807, 2.05) is 6.92 Å². The predicted octanol–water partition coefficient (Wildman–Crippen LogP) is 1.93. The minimum atomic E-state index is -0.802. The first kappa shape index (κ1) is 14.8. The van der Waals surface area contributed by atoms with Crippen molar-refractivity contribution in [2.24, 2.45) is 11.8 Å². The Hall–Kier alpha value is -1.26. The second kappa shape index (κ2) is 6.61. The Balaban J connectivity index is 2.53. The quantitative estimate of drug-likeness (QED) is 0.807. The van der Waals surface area contributed by atoms with Crippen molar-refractivity contribution in [3.05, 3.63) is 0 Å². The number of hydrogen-bond acceptors (Lipinski definition) is 2. The van der Waals surface area contributed by atoms with E-state index in [1.54, 1.807) is 4.90 Å². The van der Waals surface area contributed by atoms with Crippen LogP contribution in [0.4, 0.5) is 4.79 Å². The van der Waals surface area contributed by atoms with E-state index in [-0.39, 0.29) is 12.1 Å². The summed E-state index contributed by atoms with van der Waals surface area (Å²) in [6, 6.07) is 0.0317. The molecule has 1 heterocycles. The van der Waals surface area contributed by atoms with Crippen LogP contribution in [0.25, 0.3) is 0 Å². The number of aliphatic carboxylic acids is 1. The number of piperidine rings is 1. The van der Waals surface area contributed by atoms with Crippen molar-refractivity contribution >= 4 is 12.0 Å². The van der Waals surface area contributed by atoms with Crippen molar-refractivity contribution in [1.82, 2.24) is 10.2 Å². The molecule has 1 rings (SSSR count). The second-order valence-corrected chi connectivity index (χ2v) is 5.33. The first-order valence-electron chi connectivity index (χ1n) is 6.74. The Labute approximate surface area is 109 Å². The molecule has 1 aliphatic heterocycles. The van der Waals surface area contributed by atoms with Gasteiger partial charge in [0.25, 0.3) is 0 Å². The summed E-state index contributed by atoms with van der Waals surface area (Å²) in [6.45, 7) is 7.18. The third-order valence-corrected chi connectivity index (χ3v) is 3.61. The molecule has 2 amide bonds. The summed E-state index contributed by atoms with van der Waals surface area (Å²) in [6.07, 6.45) is 2.32. The number of rotatable bonds is 4. The zero-order chi connectivity index (χ0) is 13.7. The Morgan fingerprint density at radius 1 is 1.44 bits per heavy atom. The average molecular weight is 256 g/mol. The van der Waals surface area contributed by atoms with Gasteiger partial charge in [-0.25, -0.2) is 4.79 Å². The fraction of sp³-hybridized carbons (Fsp3) is 0.846. The number of carboxylic acids is 1. The lowest BCUT2D eigenvalue weighted by Crippen LogP contribution is -2.50. The molecule has 5 heteroatoms. The van der Waals surface area contributed by atoms with Crippen LogP contribution in [0, 0.1) is 11.8 Å². The van der Waals surface area contributed by atoms with Crippen LogP contribution in [-0.2, 0) is 4.79 Å². The van der Waals surface area contributed by atoms with Crippen LogP contribution in [0.3, 0.4) is 0 Å². The molecule has 5 nitrogen and oxygen atoms in total. The van der Waals surface area contributed by atoms with E-state index in [0.717, 1.165) is 12.8 Å². The van der Waals surface area contributed by atoms with Gasteiger partial charge in [-0.15, -0.1) is 0 Å². The Kier molecular flexibility index (Phi) is 5.44. The molecule has 2 unspecified atom stereocenters. The molecule has 0 aliphatic carbocycles. The first-order chi connectivity index (χ1) is 8.45. The molecule has 1 fully saturated rings. The molecule has 2 atom stereocenters. The van der Waals surface area contributed by atoms with Gasteiger partial charge in [0.2, 0.25) is 0 Å². The van der Waals surface area contributed by atoms with E-state index < -0.39 is 11.9 Å². The molecular weight excluding hydrogens is 232 g/mol. The van der Waals surface area contributed by atoms with E-state index in [0.29, 0.717) is 25.4 Å². The Morgan fingerprint density at radius 2 is 2.11 bits per heavy atom. The molecule has 0 aromatic heterocycles. The van der Waals surface area contributed by atoms with Crippen LogP contribution in [0.1, 0.15) is 40.0 Å². The highest BCUT2D eigenvalue weighted by Crippen LogP contribution is 2.17. The second-order valence-electron chi connectivity index (χ2n) is 5.33. The standard InChI is InChI=1S/C13H24N2O3/c1-4-11(9(2)3)14-13(18)15-7-5-6-10(8-15)12(16)17/h9-11H,4-8H2,1-3H3,(H,14,18)(H,16,17). The van der Waals surface area contributed by atoms with Gasteiger partial charge in [0.05, 0.1) is 5.92 Å². The lowest BCUT2D eigenvalue weighted by molar-refractivity contribution is -0.143. The van der Waals surface area contributed by atoms with E-state index in [2.05, 4.69) is 19.2 Å². The number of hydrogen-bond donors (Lipinski definition) is 2. The summed E-state index contributed by atoms with van der Waals surface area (Å²) < 4.78 is 0. The topological polar surface area (TPSA) is 69.6 Å². The number of carboxylic acid groups (broad SMARTS) is 1. The van der Waals surface area contributed by atoms with Crippen LogP contribution < -0.4 is 5.32 Å². The van der Waals surface area contributed by atoms with Crippen LogP contribution in [0.15, 0.2) is 0 Å². The lowest BCUT2D eigenvalue weighted by Gasteiger charge is -2.32. The molecule has 0 spiro atoms. The Bertz CT molecular complexity index is 305. The van der Waals surface area contributed by atoms with E-state index in [9.17, 15) is 9.59 Å². The number of nitrogens with zero attached hydrogens (tertiary/aromatic N) is 1. The van der Waals surface area contributed by atoms with Gasteiger partial charge in [0.1, 0.15) is 0 Å².